The van der Waals surface area contributed by atoms with Crippen LogP contribution in [0.4, 0.5) is 5.69 Å². The number of nitrogens with zero attached hydrogens (tertiary/aromatic N) is 1. The zero-order chi connectivity index (χ0) is 14.5. The molecule has 20 heavy (non-hydrogen) atoms. The van der Waals surface area contributed by atoms with Gasteiger partial charge in [-0.15, -0.1) is 0 Å². The third-order valence-corrected chi connectivity index (χ3v) is 4.16. The molecule has 1 aromatic carbocycles. The Labute approximate surface area is 127 Å². The molecular formula is C16H24N2OS. The van der Waals surface area contributed by atoms with Gasteiger partial charge in [0.05, 0.1) is 6.61 Å². The average molecular weight is 292 g/mol. The third kappa shape index (κ3) is 3.63. The highest BCUT2D eigenvalue weighted by Crippen LogP contribution is 2.24. The van der Waals surface area contributed by atoms with Crippen LogP contribution in [0.15, 0.2) is 24.3 Å². The molecule has 1 aromatic rings. The van der Waals surface area contributed by atoms with Crippen molar-refractivity contribution >= 4 is 23.0 Å². The Balaban J connectivity index is 1.99. The third-order valence-electron chi connectivity index (χ3n) is 3.84. The van der Waals surface area contributed by atoms with E-state index in [4.69, 9.17) is 17.0 Å². The van der Waals surface area contributed by atoms with Crippen molar-refractivity contribution in [3.8, 4) is 5.75 Å². The fourth-order valence-corrected chi connectivity index (χ4v) is 3.29. The maximum Gasteiger partial charge on any atom is 0.173 e. The van der Waals surface area contributed by atoms with Gasteiger partial charge in [0, 0.05) is 17.8 Å². The fourth-order valence-electron chi connectivity index (χ4n) is 2.81. The van der Waals surface area contributed by atoms with E-state index in [2.05, 4.69) is 24.1 Å². The van der Waals surface area contributed by atoms with Crippen molar-refractivity contribution < 1.29 is 4.74 Å². The molecule has 0 aliphatic carbocycles. The van der Waals surface area contributed by atoms with E-state index < -0.39 is 0 Å². The predicted molar refractivity (Wildman–Crippen MR) is 88.4 cm³/mol. The Morgan fingerprint density at radius 1 is 1.25 bits per heavy atom. The molecule has 4 heteroatoms. The number of nitrogens with one attached hydrogen (secondary N) is 1. The van der Waals surface area contributed by atoms with E-state index in [9.17, 15) is 0 Å². The molecule has 1 saturated heterocycles. The van der Waals surface area contributed by atoms with Crippen LogP contribution >= 0.6 is 12.2 Å². The molecular weight excluding hydrogens is 268 g/mol. The molecule has 0 unspecified atom stereocenters. The van der Waals surface area contributed by atoms with E-state index in [0.29, 0.717) is 18.7 Å². The van der Waals surface area contributed by atoms with Crippen LogP contribution in [-0.4, -0.2) is 28.7 Å². The fraction of sp³-hybridized carbons (Fsp3) is 0.562. The Morgan fingerprint density at radius 3 is 2.40 bits per heavy atom. The van der Waals surface area contributed by atoms with Crippen LogP contribution in [0, 0.1) is 0 Å². The molecule has 0 spiro atoms. The Kier molecular flexibility index (Phi) is 5.24. The van der Waals surface area contributed by atoms with Gasteiger partial charge in [-0.1, -0.05) is 0 Å². The summed E-state index contributed by atoms with van der Waals surface area (Å²) in [5.41, 5.74) is 1.02. The first-order valence-corrected chi connectivity index (χ1v) is 7.84. The molecule has 1 aliphatic heterocycles. The highest BCUT2D eigenvalue weighted by Gasteiger charge is 2.26. The number of thiocarbonyl (C=S) groups is 1. The molecule has 1 fully saturated rings. The Bertz CT molecular complexity index is 436. The normalized spacial score (nSPS) is 22.4. The van der Waals surface area contributed by atoms with Crippen molar-refractivity contribution in [2.45, 2.75) is 52.1 Å². The minimum Gasteiger partial charge on any atom is -0.494 e. The summed E-state index contributed by atoms with van der Waals surface area (Å²) in [6.07, 6.45) is 3.73. The molecule has 0 bridgehead atoms. The highest BCUT2D eigenvalue weighted by molar-refractivity contribution is 7.80. The van der Waals surface area contributed by atoms with Gasteiger partial charge in [0.25, 0.3) is 0 Å². The van der Waals surface area contributed by atoms with Gasteiger partial charge in [-0.05, 0) is 76.5 Å². The van der Waals surface area contributed by atoms with Gasteiger partial charge >= 0.3 is 0 Å². The predicted octanol–water partition coefficient (Wildman–Crippen LogP) is 4.05. The van der Waals surface area contributed by atoms with Crippen molar-refractivity contribution in [3.05, 3.63) is 24.3 Å². The number of rotatable bonds is 3. The maximum absolute atomic E-state index is 5.58. The molecule has 1 N–H and O–H groups in total. The van der Waals surface area contributed by atoms with E-state index in [1.165, 1.54) is 19.3 Å². The lowest BCUT2D eigenvalue weighted by Gasteiger charge is -2.40. The Hall–Kier alpha value is -1.29. The SMILES string of the molecule is CCOc1ccc(NC(=S)N2[C@@H](C)CCC[C@@H]2C)cc1. The maximum atomic E-state index is 5.58. The average Bonchev–Trinajstić information content (AvgIpc) is 2.41. The van der Waals surface area contributed by atoms with E-state index in [-0.39, 0.29) is 0 Å². The first-order chi connectivity index (χ1) is 9.61. The number of likely N-dealkylation sites (tertiary alicyclic amines) is 1. The molecule has 0 aromatic heterocycles. The first-order valence-electron chi connectivity index (χ1n) is 7.44. The Morgan fingerprint density at radius 2 is 1.85 bits per heavy atom. The van der Waals surface area contributed by atoms with Gasteiger partial charge < -0.3 is 15.0 Å². The van der Waals surface area contributed by atoms with Gasteiger partial charge in [-0.2, -0.15) is 0 Å². The quantitative estimate of drug-likeness (QED) is 0.850. The lowest BCUT2D eigenvalue weighted by Crippen LogP contribution is -2.49. The largest absolute Gasteiger partial charge is 0.494 e. The number of ether oxygens (including phenoxy) is 1. The summed E-state index contributed by atoms with van der Waals surface area (Å²) < 4.78 is 5.45. The number of benzene rings is 1. The van der Waals surface area contributed by atoms with Crippen LogP contribution in [-0.2, 0) is 0 Å². The molecule has 3 nitrogen and oxygen atoms in total. The van der Waals surface area contributed by atoms with E-state index in [0.717, 1.165) is 16.5 Å². The molecule has 1 aliphatic rings. The summed E-state index contributed by atoms with van der Waals surface area (Å²) in [5, 5.41) is 4.17. The lowest BCUT2D eigenvalue weighted by molar-refractivity contribution is 0.194. The highest BCUT2D eigenvalue weighted by atomic mass is 32.1. The van der Waals surface area contributed by atoms with Crippen LogP contribution in [0.5, 0.6) is 5.75 Å². The van der Waals surface area contributed by atoms with Crippen LogP contribution < -0.4 is 10.1 Å². The molecule has 2 rings (SSSR count). The summed E-state index contributed by atoms with van der Waals surface area (Å²) in [6.45, 7) is 7.18. The van der Waals surface area contributed by atoms with Crippen LogP contribution in [0.1, 0.15) is 40.0 Å². The summed E-state index contributed by atoms with van der Waals surface area (Å²) in [4.78, 5) is 2.33. The van der Waals surface area contributed by atoms with E-state index in [1.54, 1.807) is 0 Å². The van der Waals surface area contributed by atoms with Crippen LogP contribution in [0.25, 0.3) is 0 Å². The minimum absolute atomic E-state index is 0.515. The van der Waals surface area contributed by atoms with Crippen LogP contribution in [0.3, 0.4) is 0 Å². The topological polar surface area (TPSA) is 24.5 Å². The summed E-state index contributed by atoms with van der Waals surface area (Å²) >= 11 is 5.58. The van der Waals surface area contributed by atoms with Crippen molar-refractivity contribution in [1.29, 1.82) is 0 Å². The zero-order valence-corrected chi connectivity index (χ0v) is 13.4. The number of piperidine rings is 1. The lowest BCUT2D eigenvalue weighted by atomic mass is 9.98. The van der Waals surface area contributed by atoms with Gasteiger partial charge in [0.2, 0.25) is 0 Å². The second-order valence-electron chi connectivity index (χ2n) is 5.42. The smallest absolute Gasteiger partial charge is 0.173 e. The number of hydrogen-bond acceptors (Lipinski definition) is 2. The van der Waals surface area contributed by atoms with Crippen molar-refractivity contribution in [2.24, 2.45) is 0 Å². The summed E-state index contributed by atoms with van der Waals surface area (Å²) in [7, 11) is 0. The molecule has 0 radical (unpaired) electrons. The summed E-state index contributed by atoms with van der Waals surface area (Å²) in [6, 6.07) is 8.99. The molecule has 2 atom stereocenters. The van der Waals surface area contributed by atoms with Gasteiger partial charge in [-0.3, -0.25) is 0 Å². The van der Waals surface area contributed by atoms with Gasteiger partial charge in [-0.25, -0.2) is 0 Å². The van der Waals surface area contributed by atoms with Crippen molar-refractivity contribution in [3.63, 3.8) is 0 Å². The second kappa shape index (κ2) is 6.93. The monoisotopic (exact) mass is 292 g/mol. The van der Waals surface area contributed by atoms with E-state index in [1.807, 2.05) is 31.2 Å². The van der Waals surface area contributed by atoms with Gasteiger partial charge in [0.15, 0.2) is 5.11 Å². The van der Waals surface area contributed by atoms with E-state index >= 15 is 0 Å². The first kappa shape index (κ1) is 15.1. The molecule has 0 amide bonds. The molecule has 1 heterocycles. The van der Waals surface area contributed by atoms with Crippen LogP contribution in [0.2, 0.25) is 0 Å². The second-order valence-corrected chi connectivity index (χ2v) is 5.81. The van der Waals surface area contributed by atoms with Gasteiger partial charge in [0.1, 0.15) is 5.75 Å². The van der Waals surface area contributed by atoms with Crippen molar-refractivity contribution in [1.82, 2.24) is 4.90 Å². The summed E-state index contributed by atoms with van der Waals surface area (Å²) in [5.74, 6) is 0.892. The number of hydrogen-bond donors (Lipinski definition) is 1. The number of anilines is 1. The minimum atomic E-state index is 0.515. The zero-order valence-electron chi connectivity index (χ0n) is 12.6. The van der Waals surface area contributed by atoms with Crippen molar-refractivity contribution in [2.75, 3.05) is 11.9 Å². The molecule has 110 valence electrons. The standard InChI is InChI=1S/C16H24N2OS/c1-4-19-15-10-8-14(9-11-15)17-16(20)18-12(2)6-5-7-13(18)3/h8-13H,4-7H2,1-3H3,(H,17,20)/t12-,13-/m0/s1. The molecule has 0 saturated carbocycles.